The number of rotatable bonds is 4. The number of ether oxygens (including phenoxy) is 2. The summed E-state index contributed by atoms with van der Waals surface area (Å²) in [5.74, 6) is 0.779. The number of methoxy groups -OCH3 is 2. The molecular formula is C15H14BrNO4. The van der Waals surface area contributed by atoms with E-state index in [0.717, 1.165) is 0 Å². The monoisotopic (exact) mass is 351 g/mol. The lowest BCUT2D eigenvalue weighted by Gasteiger charge is -2.12. The third-order valence-electron chi connectivity index (χ3n) is 2.87. The highest BCUT2D eigenvalue weighted by Gasteiger charge is 2.12. The molecule has 2 rings (SSSR count). The van der Waals surface area contributed by atoms with Crippen LogP contribution in [0.15, 0.2) is 40.9 Å². The maximum absolute atomic E-state index is 12.2. The molecule has 6 heteroatoms. The lowest BCUT2D eigenvalue weighted by Crippen LogP contribution is -2.12. The molecule has 0 bridgehead atoms. The molecule has 0 fully saturated rings. The number of phenols is 1. The van der Waals surface area contributed by atoms with E-state index in [9.17, 15) is 9.90 Å². The van der Waals surface area contributed by atoms with Crippen molar-refractivity contribution in [1.29, 1.82) is 0 Å². The summed E-state index contributed by atoms with van der Waals surface area (Å²) < 4.78 is 10.8. The van der Waals surface area contributed by atoms with Gasteiger partial charge in [0.1, 0.15) is 17.2 Å². The zero-order valence-electron chi connectivity index (χ0n) is 11.5. The largest absolute Gasteiger partial charge is 0.507 e. The number of carbonyl (C=O) groups is 1. The van der Waals surface area contributed by atoms with E-state index < -0.39 is 0 Å². The van der Waals surface area contributed by atoms with E-state index in [1.807, 2.05) is 0 Å². The molecule has 0 saturated heterocycles. The van der Waals surface area contributed by atoms with E-state index in [4.69, 9.17) is 9.47 Å². The van der Waals surface area contributed by atoms with Crippen molar-refractivity contribution < 1.29 is 19.4 Å². The van der Waals surface area contributed by atoms with Crippen molar-refractivity contribution in [2.75, 3.05) is 19.5 Å². The molecule has 2 aromatic rings. The summed E-state index contributed by atoms with van der Waals surface area (Å²) in [5, 5.41) is 12.3. The van der Waals surface area contributed by atoms with Gasteiger partial charge in [-0.25, -0.2) is 0 Å². The number of aromatic hydroxyl groups is 1. The van der Waals surface area contributed by atoms with Crippen LogP contribution in [-0.4, -0.2) is 25.2 Å². The Balaban J connectivity index is 2.24. The van der Waals surface area contributed by atoms with Crippen LogP contribution in [0, 0.1) is 0 Å². The number of hydrogen-bond acceptors (Lipinski definition) is 4. The first kappa shape index (κ1) is 15.2. The van der Waals surface area contributed by atoms with Crippen molar-refractivity contribution >= 4 is 27.5 Å². The lowest BCUT2D eigenvalue weighted by molar-refractivity contribution is 0.102. The van der Waals surface area contributed by atoms with Gasteiger partial charge in [-0.2, -0.15) is 0 Å². The van der Waals surface area contributed by atoms with Crippen molar-refractivity contribution in [3.05, 3.63) is 46.4 Å². The molecule has 1 amide bonds. The summed E-state index contributed by atoms with van der Waals surface area (Å²) in [6.45, 7) is 0. The number of carbonyl (C=O) groups excluding carboxylic acids is 1. The van der Waals surface area contributed by atoms with Crippen LogP contribution in [-0.2, 0) is 0 Å². The molecule has 5 nitrogen and oxygen atoms in total. The van der Waals surface area contributed by atoms with E-state index in [1.54, 1.807) is 37.4 Å². The minimum atomic E-state index is -0.346. The highest BCUT2D eigenvalue weighted by molar-refractivity contribution is 9.10. The van der Waals surface area contributed by atoms with Crippen LogP contribution in [0.2, 0.25) is 0 Å². The summed E-state index contributed by atoms with van der Waals surface area (Å²) in [6, 6.07) is 9.68. The van der Waals surface area contributed by atoms with Gasteiger partial charge in [-0.3, -0.25) is 4.79 Å². The standard InChI is InChI=1S/C15H14BrNO4/c1-20-10-4-6-12(14(8-10)21-2)17-15(19)9-3-5-11(16)13(18)7-9/h3-8,18H,1-2H3,(H,17,19). The first-order valence-corrected chi connectivity index (χ1v) is 6.86. The minimum Gasteiger partial charge on any atom is -0.507 e. The van der Waals surface area contributed by atoms with Gasteiger partial charge in [0.25, 0.3) is 5.91 Å². The van der Waals surface area contributed by atoms with Gasteiger partial charge in [-0.1, -0.05) is 0 Å². The highest BCUT2D eigenvalue weighted by Crippen LogP contribution is 2.30. The van der Waals surface area contributed by atoms with Crippen molar-refractivity contribution in [1.82, 2.24) is 0 Å². The smallest absolute Gasteiger partial charge is 0.255 e. The van der Waals surface area contributed by atoms with Crippen LogP contribution in [0.3, 0.4) is 0 Å². The predicted octanol–water partition coefficient (Wildman–Crippen LogP) is 3.42. The fourth-order valence-corrected chi connectivity index (χ4v) is 2.00. The molecule has 0 spiro atoms. The zero-order chi connectivity index (χ0) is 15.4. The van der Waals surface area contributed by atoms with Crippen molar-refractivity contribution in [2.45, 2.75) is 0 Å². The van der Waals surface area contributed by atoms with E-state index >= 15 is 0 Å². The molecule has 110 valence electrons. The molecule has 0 aliphatic heterocycles. The SMILES string of the molecule is COc1ccc(NC(=O)c2ccc(Br)c(O)c2)c(OC)c1. The Morgan fingerprint density at radius 1 is 1.14 bits per heavy atom. The Bertz CT molecular complexity index is 673. The lowest BCUT2D eigenvalue weighted by atomic mass is 10.2. The molecule has 0 aromatic heterocycles. The maximum atomic E-state index is 12.2. The number of amides is 1. The number of nitrogens with one attached hydrogen (secondary N) is 1. The second-order valence-corrected chi connectivity index (χ2v) is 5.04. The average molecular weight is 352 g/mol. The second-order valence-electron chi connectivity index (χ2n) is 4.19. The summed E-state index contributed by atoms with van der Waals surface area (Å²) in [7, 11) is 3.06. The number of phenolic OH excluding ortho intramolecular Hbond substituents is 1. The Labute approximate surface area is 130 Å². The van der Waals surface area contributed by atoms with Gasteiger partial charge in [0.05, 0.1) is 24.4 Å². The van der Waals surface area contributed by atoms with Crippen LogP contribution < -0.4 is 14.8 Å². The van der Waals surface area contributed by atoms with Crippen molar-refractivity contribution in [3.63, 3.8) is 0 Å². The van der Waals surface area contributed by atoms with E-state index in [-0.39, 0.29) is 11.7 Å². The minimum absolute atomic E-state index is 0.00402. The molecule has 2 N–H and O–H groups in total. The fourth-order valence-electron chi connectivity index (χ4n) is 1.75. The first-order valence-electron chi connectivity index (χ1n) is 6.07. The Hall–Kier alpha value is -2.21. The Morgan fingerprint density at radius 2 is 1.90 bits per heavy atom. The topological polar surface area (TPSA) is 67.8 Å². The maximum Gasteiger partial charge on any atom is 0.255 e. The Morgan fingerprint density at radius 3 is 2.52 bits per heavy atom. The molecule has 2 aromatic carbocycles. The van der Waals surface area contributed by atoms with Crippen LogP contribution in [0.4, 0.5) is 5.69 Å². The fraction of sp³-hybridized carbons (Fsp3) is 0.133. The summed E-state index contributed by atoms with van der Waals surface area (Å²) in [5.41, 5.74) is 0.860. The summed E-state index contributed by atoms with van der Waals surface area (Å²) in [6.07, 6.45) is 0. The van der Waals surface area contributed by atoms with Gasteiger partial charge in [-0.05, 0) is 46.3 Å². The van der Waals surface area contributed by atoms with Gasteiger partial charge in [0.15, 0.2) is 0 Å². The quantitative estimate of drug-likeness (QED) is 0.885. The molecule has 0 aliphatic rings. The second kappa shape index (κ2) is 6.49. The molecule has 0 radical (unpaired) electrons. The van der Waals surface area contributed by atoms with E-state index in [1.165, 1.54) is 13.2 Å². The molecule has 0 heterocycles. The number of hydrogen-bond donors (Lipinski definition) is 2. The third-order valence-corrected chi connectivity index (χ3v) is 3.54. The normalized spacial score (nSPS) is 10.0. The first-order chi connectivity index (χ1) is 10.0. The molecular weight excluding hydrogens is 338 g/mol. The highest BCUT2D eigenvalue weighted by atomic mass is 79.9. The number of benzene rings is 2. The van der Waals surface area contributed by atoms with Crippen molar-refractivity contribution in [3.8, 4) is 17.2 Å². The van der Waals surface area contributed by atoms with Crippen LogP contribution in [0.1, 0.15) is 10.4 Å². The Kier molecular flexibility index (Phi) is 4.70. The van der Waals surface area contributed by atoms with Gasteiger partial charge >= 0.3 is 0 Å². The molecule has 0 atom stereocenters. The van der Waals surface area contributed by atoms with Crippen LogP contribution >= 0.6 is 15.9 Å². The zero-order valence-corrected chi connectivity index (χ0v) is 13.1. The number of anilines is 1. The molecule has 21 heavy (non-hydrogen) atoms. The summed E-state index contributed by atoms with van der Waals surface area (Å²) >= 11 is 3.17. The third kappa shape index (κ3) is 3.46. The summed E-state index contributed by atoms with van der Waals surface area (Å²) in [4.78, 5) is 12.2. The molecule has 0 aliphatic carbocycles. The van der Waals surface area contributed by atoms with Gasteiger partial charge in [-0.15, -0.1) is 0 Å². The van der Waals surface area contributed by atoms with Crippen LogP contribution in [0.5, 0.6) is 17.2 Å². The van der Waals surface area contributed by atoms with E-state index in [2.05, 4.69) is 21.2 Å². The average Bonchev–Trinajstić information content (AvgIpc) is 2.50. The number of halogens is 1. The van der Waals surface area contributed by atoms with Crippen LogP contribution in [0.25, 0.3) is 0 Å². The van der Waals surface area contributed by atoms with Gasteiger partial charge in [0, 0.05) is 11.6 Å². The van der Waals surface area contributed by atoms with Crippen molar-refractivity contribution in [2.24, 2.45) is 0 Å². The van der Waals surface area contributed by atoms with Gasteiger partial charge < -0.3 is 19.9 Å². The molecule has 0 unspecified atom stereocenters. The van der Waals surface area contributed by atoms with Gasteiger partial charge in [0.2, 0.25) is 0 Å². The molecule has 0 saturated carbocycles. The predicted molar refractivity (Wildman–Crippen MR) is 83.3 cm³/mol. The van der Waals surface area contributed by atoms with E-state index in [0.29, 0.717) is 27.2 Å².